The highest BCUT2D eigenvalue weighted by Gasteiger charge is 2.16. The van der Waals surface area contributed by atoms with Crippen molar-refractivity contribution < 1.29 is 9.84 Å². The topological polar surface area (TPSA) is 55.5 Å². The number of hydrogen-bond donors (Lipinski definition) is 2. The standard InChI is InChI=1S/C13H19NO2S/c14-11-3-1-2-10(8-11)13(15)9-17-12-4-6-16-7-5-12/h1-3,8,12-13,15H,4-7,9,14H2. The molecular weight excluding hydrogens is 234 g/mol. The quantitative estimate of drug-likeness (QED) is 0.808. The molecule has 1 atom stereocenters. The highest BCUT2D eigenvalue weighted by atomic mass is 32.2. The first kappa shape index (κ1) is 12.7. The first-order chi connectivity index (χ1) is 8.25. The van der Waals surface area contributed by atoms with E-state index < -0.39 is 6.10 Å². The van der Waals surface area contributed by atoms with Crippen LogP contribution in [-0.4, -0.2) is 29.3 Å². The fraction of sp³-hybridized carbons (Fsp3) is 0.538. The van der Waals surface area contributed by atoms with Gasteiger partial charge in [-0.25, -0.2) is 0 Å². The molecule has 0 radical (unpaired) electrons. The molecule has 2 rings (SSSR count). The molecule has 0 spiro atoms. The van der Waals surface area contributed by atoms with Gasteiger partial charge in [0, 0.05) is 29.9 Å². The van der Waals surface area contributed by atoms with Crippen LogP contribution in [-0.2, 0) is 4.74 Å². The van der Waals surface area contributed by atoms with Gasteiger partial charge in [-0.1, -0.05) is 12.1 Å². The fourth-order valence-electron chi connectivity index (χ4n) is 1.93. The minimum atomic E-state index is -0.425. The van der Waals surface area contributed by atoms with Crippen molar-refractivity contribution in [3.05, 3.63) is 29.8 Å². The van der Waals surface area contributed by atoms with E-state index in [0.29, 0.717) is 10.9 Å². The number of nitrogen functional groups attached to an aromatic ring is 1. The van der Waals surface area contributed by atoms with Crippen molar-refractivity contribution in [2.24, 2.45) is 0 Å². The van der Waals surface area contributed by atoms with E-state index in [-0.39, 0.29) is 0 Å². The van der Waals surface area contributed by atoms with Gasteiger partial charge in [0.05, 0.1) is 6.10 Å². The maximum atomic E-state index is 10.1. The number of hydrogen-bond acceptors (Lipinski definition) is 4. The third kappa shape index (κ3) is 3.91. The zero-order valence-electron chi connectivity index (χ0n) is 9.84. The molecule has 0 aliphatic carbocycles. The van der Waals surface area contributed by atoms with Gasteiger partial charge in [-0.2, -0.15) is 11.8 Å². The van der Waals surface area contributed by atoms with E-state index in [0.717, 1.165) is 37.4 Å². The second-order valence-corrected chi connectivity index (χ2v) is 5.66. The molecule has 0 bridgehead atoms. The highest BCUT2D eigenvalue weighted by molar-refractivity contribution is 7.99. The lowest BCUT2D eigenvalue weighted by molar-refractivity contribution is 0.0998. The minimum absolute atomic E-state index is 0.425. The Balaban J connectivity index is 1.82. The third-order valence-electron chi connectivity index (χ3n) is 2.95. The molecule has 3 nitrogen and oxygen atoms in total. The van der Waals surface area contributed by atoms with Gasteiger partial charge < -0.3 is 15.6 Å². The summed E-state index contributed by atoms with van der Waals surface area (Å²) in [5.41, 5.74) is 7.31. The summed E-state index contributed by atoms with van der Waals surface area (Å²) in [6, 6.07) is 7.48. The first-order valence-electron chi connectivity index (χ1n) is 5.98. The molecule has 0 aromatic heterocycles. The maximum Gasteiger partial charge on any atom is 0.0881 e. The Morgan fingerprint density at radius 3 is 2.88 bits per heavy atom. The lowest BCUT2D eigenvalue weighted by atomic mass is 10.1. The molecule has 94 valence electrons. The SMILES string of the molecule is Nc1cccc(C(O)CSC2CCOCC2)c1. The van der Waals surface area contributed by atoms with Crippen molar-refractivity contribution in [1.82, 2.24) is 0 Å². The summed E-state index contributed by atoms with van der Waals surface area (Å²) in [6.07, 6.45) is 1.76. The number of anilines is 1. The molecule has 1 unspecified atom stereocenters. The van der Waals surface area contributed by atoms with Gasteiger partial charge in [0.2, 0.25) is 0 Å². The van der Waals surface area contributed by atoms with Crippen molar-refractivity contribution in [2.75, 3.05) is 24.7 Å². The zero-order valence-corrected chi connectivity index (χ0v) is 10.7. The van der Waals surface area contributed by atoms with Crippen LogP contribution in [0, 0.1) is 0 Å². The van der Waals surface area contributed by atoms with Crippen molar-refractivity contribution in [3.63, 3.8) is 0 Å². The van der Waals surface area contributed by atoms with E-state index in [9.17, 15) is 5.11 Å². The summed E-state index contributed by atoms with van der Waals surface area (Å²) >= 11 is 1.84. The molecule has 1 aliphatic rings. The number of nitrogens with two attached hydrogens (primary N) is 1. The average Bonchev–Trinajstić information content (AvgIpc) is 2.37. The number of aliphatic hydroxyl groups is 1. The number of aliphatic hydroxyl groups excluding tert-OH is 1. The van der Waals surface area contributed by atoms with Crippen LogP contribution in [0.15, 0.2) is 24.3 Å². The summed E-state index contributed by atoms with van der Waals surface area (Å²) in [7, 11) is 0. The molecule has 1 aromatic carbocycles. The summed E-state index contributed by atoms with van der Waals surface area (Å²) in [5, 5.41) is 10.7. The molecule has 3 N–H and O–H groups in total. The molecule has 1 saturated heterocycles. The molecule has 0 saturated carbocycles. The van der Waals surface area contributed by atoms with Crippen LogP contribution in [0.4, 0.5) is 5.69 Å². The summed E-state index contributed by atoms with van der Waals surface area (Å²) < 4.78 is 5.31. The normalized spacial score (nSPS) is 19.1. The molecule has 1 aliphatic heterocycles. The Labute approximate surface area is 106 Å². The number of rotatable bonds is 4. The lowest BCUT2D eigenvalue weighted by Gasteiger charge is -2.22. The van der Waals surface area contributed by atoms with Crippen LogP contribution >= 0.6 is 11.8 Å². The number of ether oxygens (including phenoxy) is 1. The van der Waals surface area contributed by atoms with Gasteiger partial charge in [0.15, 0.2) is 0 Å². The Morgan fingerprint density at radius 2 is 2.18 bits per heavy atom. The van der Waals surface area contributed by atoms with Crippen LogP contribution in [0.5, 0.6) is 0 Å². The third-order valence-corrected chi connectivity index (χ3v) is 4.40. The summed E-state index contributed by atoms with van der Waals surface area (Å²) in [6.45, 7) is 1.71. The lowest BCUT2D eigenvalue weighted by Crippen LogP contribution is -2.18. The predicted octanol–water partition coefficient (Wildman–Crippen LogP) is 2.21. The van der Waals surface area contributed by atoms with Gasteiger partial charge in [-0.15, -0.1) is 0 Å². The minimum Gasteiger partial charge on any atom is -0.399 e. The van der Waals surface area contributed by atoms with Crippen LogP contribution < -0.4 is 5.73 Å². The first-order valence-corrected chi connectivity index (χ1v) is 7.03. The van der Waals surface area contributed by atoms with E-state index >= 15 is 0 Å². The highest BCUT2D eigenvalue weighted by Crippen LogP contribution is 2.27. The molecule has 1 fully saturated rings. The van der Waals surface area contributed by atoms with Gasteiger partial charge >= 0.3 is 0 Å². The van der Waals surface area contributed by atoms with E-state index in [2.05, 4.69) is 0 Å². The molecule has 1 aromatic rings. The van der Waals surface area contributed by atoms with Crippen molar-refractivity contribution >= 4 is 17.4 Å². The Hall–Kier alpha value is -0.710. The van der Waals surface area contributed by atoms with E-state index in [1.165, 1.54) is 0 Å². The van der Waals surface area contributed by atoms with Crippen LogP contribution in [0.3, 0.4) is 0 Å². The van der Waals surface area contributed by atoms with Crippen LogP contribution in [0.2, 0.25) is 0 Å². The van der Waals surface area contributed by atoms with Crippen molar-refractivity contribution in [3.8, 4) is 0 Å². The fourth-order valence-corrected chi connectivity index (χ4v) is 3.11. The van der Waals surface area contributed by atoms with Gasteiger partial charge in [0.25, 0.3) is 0 Å². The predicted molar refractivity (Wildman–Crippen MR) is 72.1 cm³/mol. The summed E-state index contributed by atoms with van der Waals surface area (Å²) in [5.74, 6) is 0.730. The second-order valence-electron chi connectivity index (χ2n) is 4.33. The van der Waals surface area contributed by atoms with Gasteiger partial charge in [-0.05, 0) is 30.5 Å². The Bertz CT molecular complexity index is 353. The van der Waals surface area contributed by atoms with Crippen molar-refractivity contribution in [2.45, 2.75) is 24.2 Å². The van der Waals surface area contributed by atoms with E-state index in [1.54, 1.807) is 0 Å². The second kappa shape index (κ2) is 6.28. The summed E-state index contributed by atoms with van der Waals surface area (Å²) in [4.78, 5) is 0. The molecule has 1 heterocycles. The molecule has 4 heteroatoms. The molecule has 17 heavy (non-hydrogen) atoms. The Morgan fingerprint density at radius 1 is 1.41 bits per heavy atom. The van der Waals surface area contributed by atoms with Crippen molar-refractivity contribution in [1.29, 1.82) is 0 Å². The largest absolute Gasteiger partial charge is 0.399 e. The zero-order chi connectivity index (χ0) is 12.1. The Kier molecular flexibility index (Phi) is 4.71. The molecule has 0 amide bonds. The van der Waals surface area contributed by atoms with E-state index in [4.69, 9.17) is 10.5 Å². The number of benzene rings is 1. The van der Waals surface area contributed by atoms with Crippen LogP contribution in [0.1, 0.15) is 24.5 Å². The number of thioether (sulfide) groups is 1. The molecular formula is C13H19NO2S. The maximum absolute atomic E-state index is 10.1. The monoisotopic (exact) mass is 253 g/mol. The smallest absolute Gasteiger partial charge is 0.0881 e. The van der Waals surface area contributed by atoms with Gasteiger partial charge in [-0.3, -0.25) is 0 Å². The van der Waals surface area contributed by atoms with E-state index in [1.807, 2.05) is 36.0 Å². The average molecular weight is 253 g/mol. The van der Waals surface area contributed by atoms with Gasteiger partial charge in [0.1, 0.15) is 0 Å². The van der Waals surface area contributed by atoms with Crippen LogP contribution in [0.25, 0.3) is 0 Å².